The van der Waals surface area contributed by atoms with Crippen LogP contribution in [-0.2, 0) is 0 Å². The van der Waals surface area contributed by atoms with E-state index in [4.69, 9.17) is 10.5 Å². The Kier molecular flexibility index (Phi) is 3.74. The average Bonchev–Trinajstić information content (AvgIpc) is 2.38. The summed E-state index contributed by atoms with van der Waals surface area (Å²) in [6.45, 7) is 0. The lowest BCUT2D eigenvalue weighted by molar-refractivity contribution is 0.420. The van der Waals surface area contributed by atoms with Crippen molar-refractivity contribution in [1.82, 2.24) is 5.43 Å². The van der Waals surface area contributed by atoms with Gasteiger partial charge in [-0.2, -0.15) is 5.10 Å². The van der Waals surface area contributed by atoms with Gasteiger partial charge in [0.05, 0.1) is 13.3 Å². The summed E-state index contributed by atoms with van der Waals surface area (Å²) in [5.41, 5.74) is 8.80. The van der Waals surface area contributed by atoms with Crippen LogP contribution in [0.15, 0.2) is 41.5 Å². The molecule has 0 saturated carbocycles. The summed E-state index contributed by atoms with van der Waals surface area (Å²) in [6, 6.07) is 11.8. The minimum Gasteiger partial charge on any atom is -0.496 e. The monoisotopic (exact) mass is 259 g/mol. The molecule has 2 aromatic rings. The van der Waals surface area contributed by atoms with E-state index < -0.39 is 0 Å². The molecule has 0 aliphatic carbocycles. The molecule has 0 aliphatic rings. The van der Waals surface area contributed by atoms with Crippen LogP contribution in [0.2, 0.25) is 0 Å². The predicted octanol–water partition coefficient (Wildman–Crippen LogP) is 2.02. The topological polar surface area (TPSA) is 59.6 Å². The van der Waals surface area contributed by atoms with Crippen LogP contribution in [0.1, 0.15) is 5.56 Å². The normalized spacial score (nSPS) is 10.7. The van der Waals surface area contributed by atoms with Crippen LogP contribution in [0.3, 0.4) is 0 Å². The molecule has 2 aromatic carbocycles. The summed E-state index contributed by atoms with van der Waals surface area (Å²) in [7, 11) is 1.66. The summed E-state index contributed by atoms with van der Waals surface area (Å²) in [4.78, 5) is 0. The van der Waals surface area contributed by atoms with Gasteiger partial charge in [-0.25, -0.2) is 0 Å². The average molecular weight is 259 g/mol. The molecule has 4 nitrogen and oxygen atoms in total. The SMILES string of the molecule is COc1ccc(/C=N\NC(N)=S)c2ccccc12. The fraction of sp³-hybridized carbons (Fsp3) is 0.0769. The molecule has 3 N–H and O–H groups in total. The van der Waals surface area contributed by atoms with Crippen LogP contribution in [-0.4, -0.2) is 18.4 Å². The molecule has 0 spiro atoms. The largest absolute Gasteiger partial charge is 0.496 e. The fourth-order valence-corrected chi connectivity index (χ4v) is 1.80. The van der Waals surface area contributed by atoms with Crippen molar-refractivity contribution in [3.05, 3.63) is 42.0 Å². The van der Waals surface area contributed by atoms with Crippen LogP contribution >= 0.6 is 12.2 Å². The van der Waals surface area contributed by atoms with Crippen molar-refractivity contribution in [2.75, 3.05) is 7.11 Å². The van der Waals surface area contributed by atoms with Crippen molar-refractivity contribution >= 4 is 34.3 Å². The van der Waals surface area contributed by atoms with E-state index >= 15 is 0 Å². The summed E-state index contributed by atoms with van der Waals surface area (Å²) in [5, 5.41) is 6.21. The molecule has 18 heavy (non-hydrogen) atoms. The van der Waals surface area contributed by atoms with E-state index in [0.29, 0.717) is 0 Å². The van der Waals surface area contributed by atoms with E-state index in [-0.39, 0.29) is 5.11 Å². The third kappa shape index (κ3) is 2.57. The minimum absolute atomic E-state index is 0.143. The van der Waals surface area contributed by atoms with Gasteiger partial charge in [0.2, 0.25) is 0 Å². The zero-order valence-electron chi connectivity index (χ0n) is 9.88. The Morgan fingerprint density at radius 1 is 1.28 bits per heavy atom. The zero-order valence-corrected chi connectivity index (χ0v) is 10.7. The summed E-state index contributed by atoms with van der Waals surface area (Å²) in [5.74, 6) is 0.838. The van der Waals surface area contributed by atoms with Crippen LogP contribution in [0.5, 0.6) is 5.75 Å². The van der Waals surface area contributed by atoms with Gasteiger partial charge in [0.15, 0.2) is 5.11 Å². The first kappa shape index (κ1) is 12.3. The number of nitrogens with zero attached hydrogens (tertiary/aromatic N) is 1. The molecule has 0 aromatic heterocycles. The highest BCUT2D eigenvalue weighted by Crippen LogP contribution is 2.27. The molecular formula is C13H13N3OS. The van der Waals surface area contributed by atoms with Crippen molar-refractivity contribution in [2.24, 2.45) is 10.8 Å². The molecule has 0 atom stereocenters. The minimum atomic E-state index is 0.143. The smallest absolute Gasteiger partial charge is 0.184 e. The Morgan fingerprint density at radius 2 is 2.00 bits per heavy atom. The lowest BCUT2D eigenvalue weighted by Crippen LogP contribution is -2.24. The van der Waals surface area contributed by atoms with Crippen molar-refractivity contribution in [3.63, 3.8) is 0 Å². The first-order chi connectivity index (χ1) is 8.72. The summed E-state index contributed by atoms with van der Waals surface area (Å²) < 4.78 is 5.32. The van der Waals surface area contributed by atoms with E-state index in [2.05, 4.69) is 22.7 Å². The Balaban J connectivity index is 2.46. The number of rotatable bonds is 3. The highest BCUT2D eigenvalue weighted by molar-refractivity contribution is 7.80. The molecule has 0 heterocycles. The van der Waals surface area contributed by atoms with Gasteiger partial charge in [0.25, 0.3) is 0 Å². The Bertz CT molecular complexity index is 610. The number of nitrogens with one attached hydrogen (secondary N) is 1. The van der Waals surface area contributed by atoms with Gasteiger partial charge in [-0.15, -0.1) is 0 Å². The molecule has 0 aliphatic heterocycles. The maximum atomic E-state index is 5.32. The molecule has 0 unspecified atom stereocenters. The second-order valence-electron chi connectivity index (χ2n) is 3.64. The van der Waals surface area contributed by atoms with Gasteiger partial charge in [-0.3, -0.25) is 5.43 Å². The van der Waals surface area contributed by atoms with E-state index in [9.17, 15) is 0 Å². The predicted molar refractivity (Wildman–Crippen MR) is 78.0 cm³/mol. The number of fused-ring (bicyclic) bond motifs is 1. The van der Waals surface area contributed by atoms with Gasteiger partial charge in [0.1, 0.15) is 5.75 Å². The first-order valence-electron chi connectivity index (χ1n) is 5.36. The van der Waals surface area contributed by atoms with Gasteiger partial charge >= 0.3 is 0 Å². The number of hydrogen-bond donors (Lipinski definition) is 2. The summed E-state index contributed by atoms with van der Waals surface area (Å²) in [6.07, 6.45) is 1.68. The van der Waals surface area contributed by atoms with Crippen LogP contribution in [0, 0.1) is 0 Å². The number of hydrazone groups is 1. The zero-order chi connectivity index (χ0) is 13.0. The highest BCUT2D eigenvalue weighted by Gasteiger charge is 2.03. The van der Waals surface area contributed by atoms with Gasteiger partial charge < -0.3 is 10.5 Å². The molecule has 92 valence electrons. The highest BCUT2D eigenvalue weighted by atomic mass is 32.1. The van der Waals surface area contributed by atoms with E-state index in [1.807, 2.05) is 36.4 Å². The first-order valence-corrected chi connectivity index (χ1v) is 5.77. The second-order valence-corrected chi connectivity index (χ2v) is 4.08. The molecule has 0 radical (unpaired) electrons. The standard InChI is InChI=1S/C13H13N3OS/c1-17-12-7-6-9(8-15-16-13(14)18)10-4-2-3-5-11(10)12/h2-8H,1H3,(H3,14,16,18)/b15-8-. The fourth-order valence-electron chi connectivity index (χ4n) is 1.75. The lowest BCUT2D eigenvalue weighted by atomic mass is 10.0. The molecular weight excluding hydrogens is 246 g/mol. The van der Waals surface area contributed by atoms with Gasteiger partial charge in [0, 0.05) is 10.9 Å². The van der Waals surface area contributed by atoms with E-state index in [0.717, 1.165) is 22.1 Å². The summed E-state index contributed by atoms with van der Waals surface area (Å²) >= 11 is 4.68. The molecule has 2 rings (SSSR count). The molecule has 0 amide bonds. The molecule has 0 bridgehead atoms. The van der Waals surface area contributed by atoms with Crippen molar-refractivity contribution in [1.29, 1.82) is 0 Å². The number of nitrogens with two attached hydrogens (primary N) is 1. The number of benzene rings is 2. The maximum Gasteiger partial charge on any atom is 0.184 e. The number of thiocarbonyl (C=S) groups is 1. The van der Waals surface area contributed by atoms with Gasteiger partial charge in [-0.05, 0) is 29.7 Å². The lowest BCUT2D eigenvalue weighted by Gasteiger charge is -2.07. The Morgan fingerprint density at radius 3 is 2.67 bits per heavy atom. The molecule has 5 heteroatoms. The quantitative estimate of drug-likeness (QED) is 0.503. The van der Waals surface area contributed by atoms with E-state index in [1.54, 1.807) is 13.3 Å². The third-order valence-corrected chi connectivity index (χ3v) is 2.61. The van der Waals surface area contributed by atoms with Crippen LogP contribution in [0.4, 0.5) is 0 Å². The Labute approximate surface area is 110 Å². The third-order valence-electron chi connectivity index (χ3n) is 2.52. The second kappa shape index (κ2) is 5.46. The van der Waals surface area contributed by atoms with E-state index in [1.165, 1.54) is 0 Å². The van der Waals surface area contributed by atoms with Crippen LogP contribution in [0.25, 0.3) is 10.8 Å². The van der Waals surface area contributed by atoms with Crippen LogP contribution < -0.4 is 15.9 Å². The Hall–Kier alpha value is -2.14. The van der Waals surface area contributed by atoms with Crippen molar-refractivity contribution < 1.29 is 4.74 Å². The number of methoxy groups -OCH3 is 1. The maximum absolute atomic E-state index is 5.32. The molecule has 0 saturated heterocycles. The van der Waals surface area contributed by atoms with Gasteiger partial charge in [-0.1, -0.05) is 24.3 Å². The van der Waals surface area contributed by atoms with Crippen molar-refractivity contribution in [2.45, 2.75) is 0 Å². The van der Waals surface area contributed by atoms with Crippen molar-refractivity contribution in [3.8, 4) is 5.75 Å². The number of ether oxygens (including phenoxy) is 1. The molecule has 0 fully saturated rings. The number of hydrogen-bond acceptors (Lipinski definition) is 3.